The molecule has 1 aromatic rings. The molecule has 1 amide bonds. The van der Waals surface area contributed by atoms with Gasteiger partial charge in [-0.1, -0.05) is 43.2 Å². The number of amides is 1. The Labute approximate surface area is 132 Å². The van der Waals surface area contributed by atoms with E-state index in [9.17, 15) is 4.79 Å². The van der Waals surface area contributed by atoms with Crippen LogP contribution in [0.4, 0.5) is 0 Å². The largest absolute Gasteiger partial charge is 0.378 e. The summed E-state index contributed by atoms with van der Waals surface area (Å²) in [4.78, 5) is 14.6. The van der Waals surface area contributed by atoms with Crippen LogP contribution in [0.1, 0.15) is 31.2 Å². The number of likely N-dealkylation sites (N-methyl/N-ethyl adjacent to an activating group) is 1. The summed E-state index contributed by atoms with van der Waals surface area (Å²) in [6.07, 6.45) is 4.82. The molecule has 1 saturated heterocycles. The Hall–Kier alpha value is -1.39. The van der Waals surface area contributed by atoms with E-state index in [4.69, 9.17) is 4.74 Å². The van der Waals surface area contributed by atoms with Gasteiger partial charge in [0.15, 0.2) is 0 Å². The average Bonchev–Trinajstić information content (AvgIpc) is 3.04. The van der Waals surface area contributed by atoms with Crippen molar-refractivity contribution in [2.75, 3.05) is 33.4 Å². The van der Waals surface area contributed by atoms with E-state index in [0.29, 0.717) is 13.2 Å². The Morgan fingerprint density at radius 1 is 1.32 bits per heavy atom. The third-order valence-electron chi connectivity index (χ3n) is 5.25. The van der Waals surface area contributed by atoms with Gasteiger partial charge in [0.25, 0.3) is 0 Å². The molecule has 2 fully saturated rings. The van der Waals surface area contributed by atoms with E-state index in [-0.39, 0.29) is 17.4 Å². The minimum absolute atomic E-state index is 0.101. The second-order valence-corrected chi connectivity index (χ2v) is 6.64. The number of nitrogens with one attached hydrogen (secondary N) is 1. The first-order valence-corrected chi connectivity index (χ1v) is 8.32. The lowest BCUT2D eigenvalue weighted by atomic mass is 9.79. The second-order valence-electron chi connectivity index (χ2n) is 6.64. The first kappa shape index (κ1) is 15.5. The Bertz CT molecular complexity index is 497. The number of hydrogen-bond donors (Lipinski definition) is 1. The van der Waals surface area contributed by atoms with Crippen molar-refractivity contribution in [2.24, 2.45) is 0 Å². The highest BCUT2D eigenvalue weighted by Crippen LogP contribution is 2.40. The van der Waals surface area contributed by atoms with Crippen molar-refractivity contribution in [2.45, 2.75) is 37.1 Å². The molecule has 1 aliphatic heterocycles. The summed E-state index contributed by atoms with van der Waals surface area (Å²) < 4.78 is 5.45. The summed E-state index contributed by atoms with van der Waals surface area (Å²) in [7, 11) is 2.00. The molecule has 0 unspecified atom stereocenters. The predicted molar refractivity (Wildman–Crippen MR) is 86.8 cm³/mol. The summed E-state index contributed by atoms with van der Waals surface area (Å²) in [5.41, 5.74) is 1.48. The molecule has 1 atom stereocenters. The molecule has 1 aliphatic carbocycles. The molecule has 120 valence electrons. The topological polar surface area (TPSA) is 41.6 Å². The monoisotopic (exact) mass is 302 g/mol. The van der Waals surface area contributed by atoms with Crippen molar-refractivity contribution in [1.82, 2.24) is 10.2 Å². The Balaban J connectivity index is 1.66. The maximum atomic E-state index is 12.5. The van der Waals surface area contributed by atoms with E-state index in [2.05, 4.69) is 40.5 Å². The molecule has 0 aromatic heterocycles. The van der Waals surface area contributed by atoms with Crippen LogP contribution in [0, 0.1) is 0 Å². The van der Waals surface area contributed by atoms with Crippen LogP contribution in [0.2, 0.25) is 0 Å². The van der Waals surface area contributed by atoms with Crippen LogP contribution >= 0.6 is 0 Å². The molecule has 1 N–H and O–H groups in total. The van der Waals surface area contributed by atoms with Gasteiger partial charge in [-0.2, -0.15) is 0 Å². The Morgan fingerprint density at radius 2 is 2.05 bits per heavy atom. The molecule has 1 saturated carbocycles. The van der Waals surface area contributed by atoms with Gasteiger partial charge >= 0.3 is 0 Å². The summed E-state index contributed by atoms with van der Waals surface area (Å²) in [6.45, 7) is 2.77. The lowest BCUT2D eigenvalue weighted by Gasteiger charge is -2.34. The predicted octanol–water partition coefficient (Wildman–Crippen LogP) is 1.95. The normalized spacial score (nSPS) is 25.0. The minimum Gasteiger partial charge on any atom is -0.378 e. The number of benzene rings is 1. The molecule has 4 nitrogen and oxygen atoms in total. The van der Waals surface area contributed by atoms with Gasteiger partial charge in [0.1, 0.15) is 6.04 Å². The second kappa shape index (κ2) is 6.80. The average molecular weight is 302 g/mol. The van der Waals surface area contributed by atoms with E-state index in [0.717, 1.165) is 25.9 Å². The van der Waals surface area contributed by atoms with Crippen LogP contribution < -0.4 is 5.32 Å². The standard InChI is InChI=1S/C18H26N2O2/c1-20-11-12-22-13-16(20)17(21)19-14-18(9-5-6-10-18)15-7-3-2-4-8-15/h2-4,7-8,16H,5-6,9-14H2,1H3,(H,19,21)/t16-/m0/s1. The zero-order valence-corrected chi connectivity index (χ0v) is 13.4. The van der Waals surface area contributed by atoms with Crippen LogP contribution in [0.5, 0.6) is 0 Å². The van der Waals surface area contributed by atoms with Crippen LogP contribution in [-0.4, -0.2) is 50.2 Å². The number of nitrogens with zero attached hydrogens (tertiary/aromatic N) is 1. The van der Waals surface area contributed by atoms with Gasteiger partial charge in [-0.25, -0.2) is 0 Å². The fourth-order valence-corrected chi connectivity index (χ4v) is 3.75. The maximum Gasteiger partial charge on any atom is 0.239 e. The van der Waals surface area contributed by atoms with E-state index < -0.39 is 0 Å². The van der Waals surface area contributed by atoms with Gasteiger partial charge < -0.3 is 10.1 Å². The number of morpholine rings is 1. The van der Waals surface area contributed by atoms with E-state index >= 15 is 0 Å². The smallest absolute Gasteiger partial charge is 0.239 e. The molecule has 2 aliphatic rings. The summed E-state index contributed by atoms with van der Waals surface area (Å²) in [6, 6.07) is 10.5. The zero-order valence-electron chi connectivity index (χ0n) is 13.4. The number of hydrogen-bond acceptors (Lipinski definition) is 3. The number of ether oxygens (including phenoxy) is 1. The molecule has 4 heteroatoms. The maximum absolute atomic E-state index is 12.5. The van der Waals surface area contributed by atoms with Crippen molar-refractivity contribution in [3.05, 3.63) is 35.9 Å². The summed E-state index contributed by atoms with van der Waals surface area (Å²) >= 11 is 0. The SMILES string of the molecule is CN1CCOC[C@H]1C(=O)NCC1(c2ccccc2)CCCC1. The number of rotatable bonds is 4. The number of carbonyl (C=O) groups is 1. The number of carbonyl (C=O) groups excluding carboxylic acids is 1. The first-order valence-electron chi connectivity index (χ1n) is 8.32. The Kier molecular flexibility index (Phi) is 4.79. The third kappa shape index (κ3) is 3.18. The highest BCUT2D eigenvalue weighted by atomic mass is 16.5. The molecule has 0 radical (unpaired) electrons. The van der Waals surface area contributed by atoms with Gasteiger partial charge in [0, 0.05) is 18.5 Å². The molecule has 3 rings (SSSR count). The summed E-state index contributed by atoms with van der Waals surface area (Å²) in [5, 5.41) is 3.20. The molecular formula is C18H26N2O2. The lowest BCUT2D eigenvalue weighted by molar-refractivity contribution is -0.131. The van der Waals surface area contributed by atoms with Gasteiger partial charge in [0.2, 0.25) is 5.91 Å². The molecular weight excluding hydrogens is 276 g/mol. The van der Waals surface area contributed by atoms with Gasteiger partial charge in [-0.3, -0.25) is 9.69 Å². The minimum atomic E-state index is -0.150. The molecule has 1 aromatic carbocycles. The van der Waals surface area contributed by atoms with E-state index in [1.54, 1.807) is 0 Å². The fourth-order valence-electron chi connectivity index (χ4n) is 3.75. The molecule has 1 heterocycles. The van der Waals surface area contributed by atoms with E-state index in [1.807, 2.05) is 7.05 Å². The van der Waals surface area contributed by atoms with Crippen molar-refractivity contribution in [3.8, 4) is 0 Å². The quantitative estimate of drug-likeness (QED) is 0.924. The van der Waals surface area contributed by atoms with Crippen molar-refractivity contribution >= 4 is 5.91 Å². The first-order chi connectivity index (χ1) is 10.7. The van der Waals surface area contributed by atoms with Gasteiger partial charge in [0.05, 0.1) is 13.2 Å². The molecule has 0 bridgehead atoms. The lowest BCUT2D eigenvalue weighted by Crippen LogP contribution is -2.53. The van der Waals surface area contributed by atoms with Crippen LogP contribution in [0.3, 0.4) is 0 Å². The Morgan fingerprint density at radius 3 is 2.73 bits per heavy atom. The highest BCUT2D eigenvalue weighted by molar-refractivity contribution is 5.82. The van der Waals surface area contributed by atoms with Crippen LogP contribution in [-0.2, 0) is 14.9 Å². The van der Waals surface area contributed by atoms with E-state index in [1.165, 1.54) is 18.4 Å². The van der Waals surface area contributed by atoms with Crippen molar-refractivity contribution in [1.29, 1.82) is 0 Å². The van der Waals surface area contributed by atoms with Gasteiger partial charge in [-0.15, -0.1) is 0 Å². The zero-order chi connectivity index (χ0) is 15.4. The third-order valence-corrected chi connectivity index (χ3v) is 5.25. The highest BCUT2D eigenvalue weighted by Gasteiger charge is 2.37. The van der Waals surface area contributed by atoms with Crippen molar-refractivity contribution in [3.63, 3.8) is 0 Å². The summed E-state index contributed by atoms with van der Waals surface area (Å²) in [5.74, 6) is 0.101. The van der Waals surface area contributed by atoms with Crippen LogP contribution in [0.25, 0.3) is 0 Å². The molecule has 22 heavy (non-hydrogen) atoms. The van der Waals surface area contributed by atoms with Gasteiger partial charge in [-0.05, 0) is 25.5 Å². The van der Waals surface area contributed by atoms with Crippen molar-refractivity contribution < 1.29 is 9.53 Å². The van der Waals surface area contributed by atoms with Crippen LogP contribution in [0.15, 0.2) is 30.3 Å². The fraction of sp³-hybridized carbons (Fsp3) is 0.611. The molecule has 0 spiro atoms.